The SMILES string of the molecule is C1CCC([SiH]C2CCCCC2)CC1.CC(C)c1cc([Si](C)(C)c2ccccc2)c[cH-]1.CC(C)c1cc([Si](C)(C)c2ccccc2)c[cH-]1.[Cl-].[Cl-].[Zr+4]. The summed E-state index contributed by atoms with van der Waals surface area (Å²) in [6.45, 7) is 18.8. The molecule has 2 aliphatic rings. The first-order valence-electron chi connectivity index (χ1n) is 19.0. The van der Waals surface area contributed by atoms with E-state index in [2.05, 4.69) is 151 Å². The Kier molecular flexibility index (Phi) is 21.9. The Labute approximate surface area is 344 Å². The normalized spacial score (nSPS) is 15.4. The molecule has 4 aromatic carbocycles. The Hall–Kier alpha value is -0.746. The summed E-state index contributed by atoms with van der Waals surface area (Å²) < 4.78 is 0. The van der Waals surface area contributed by atoms with Crippen LogP contribution in [0, 0.1) is 0 Å². The molecule has 0 nitrogen and oxygen atoms in total. The minimum Gasteiger partial charge on any atom is -1.00 e. The molecule has 0 unspecified atom stereocenters. The average molecular weight is 840 g/mol. The third-order valence-electron chi connectivity index (χ3n) is 11.2. The summed E-state index contributed by atoms with van der Waals surface area (Å²) in [5, 5.41) is 6.13. The van der Waals surface area contributed by atoms with Crippen molar-refractivity contribution in [1.29, 1.82) is 0 Å². The molecule has 0 N–H and O–H groups in total. The largest absolute Gasteiger partial charge is 4.00 e. The van der Waals surface area contributed by atoms with E-state index in [9.17, 15) is 0 Å². The van der Waals surface area contributed by atoms with Gasteiger partial charge in [0.1, 0.15) is 0 Å². The fraction of sp³-hybridized carbons (Fsp3) is 0.500. The summed E-state index contributed by atoms with van der Waals surface area (Å²) in [7, 11) is -2.14. The maximum absolute atomic E-state index is 2.43. The van der Waals surface area contributed by atoms with Crippen LogP contribution in [0.4, 0.5) is 0 Å². The van der Waals surface area contributed by atoms with Crippen LogP contribution in [0.25, 0.3) is 0 Å². The third-order valence-corrected chi connectivity index (χ3v) is 20.7. The molecule has 0 aromatic heterocycles. The van der Waals surface area contributed by atoms with Crippen LogP contribution in [0.3, 0.4) is 0 Å². The molecule has 0 atom stereocenters. The molecule has 6 rings (SSSR count). The van der Waals surface area contributed by atoms with Gasteiger partial charge in [0.2, 0.25) is 0 Å². The number of halogens is 2. The summed E-state index contributed by atoms with van der Waals surface area (Å²) in [6, 6.07) is 35.9. The minimum absolute atomic E-state index is 0. The van der Waals surface area contributed by atoms with E-state index in [0.717, 1.165) is 9.52 Å². The molecule has 0 saturated heterocycles. The van der Waals surface area contributed by atoms with E-state index < -0.39 is 16.1 Å². The van der Waals surface area contributed by atoms with Crippen molar-refractivity contribution in [2.75, 3.05) is 0 Å². The zero-order valence-corrected chi connectivity index (χ0v) is 39.6. The molecular formula is C44H65Cl2Si3Zr. The minimum atomic E-state index is -1.48. The van der Waals surface area contributed by atoms with E-state index in [0.29, 0.717) is 11.8 Å². The van der Waals surface area contributed by atoms with Crippen molar-refractivity contribution in [1.82, 2.24) is 0 Å². The second kappa shape index (κ2) is 23.1. The Morgan fingerprint density at radius 1 is 0.520 bits per heavy atom. The second-order valence-electron chi connectivity index (χ2n) is 16.1. The van der Waals surface area contributed by atoms with Gasteiger partial charge in [-0.05, 0) is 22.9 Å². The van der Waals surface area contributed by atoms with Crippen molar-refractivity contribution in [3.8, 4) is 0 Å². The monoisotopic (exact) mass is 837 g/mol. The first-order valence-corrected chi connectivity index (χ1v) is 26.3. The molecule has 2 fully saturated rings. The first kappa shape index (κ1) is 47.3. The van der Waals surface area contributed by atoms with Gasteiger partial charge in [-0.1, -0.05) is 189 Å². The predicted molar refractivity (Wildman–Crippen MR) is 219 cm³/mol. The molecule has 1 radical (unpaired) electrons. The van der Waals surface area contributed by atoms with Crippen molar-refractivity contribution in [2.24, 2.45) is 0 Å². The van der Waals surface area contributed by atoms with Crippen LogP contribution in [-0.4, -0.2) is 25.7 Å². The van der Waals surface area contributed by atoms with Crippen molar-refractivity contribution >= 4 is 46.4 Å². The number of hydrogen-bond donors (Lipinski definition) is 0. The van der Waals surface area contributed by atoms with Gasteiger partial charge in [-0.2, -0.15) is 45.8 Å². The van der Waals surface area contributed by atoms with Crippen LogP contribution in [0.1, 0.15) is 115 Å². The van der Waals surface area contributed by atoms with Crippen molar-refractivity contribution < 1.29 is 51.0 Å². The van der Waals surface area contributed by atoms with Gasteiger partial charge in [0, 0.05) is 25.7 Å². The second-order valence-corrected chi connectivity index (χ2v) is 27.2. The van der Waals surface area contributed by atoms with Crippen LogP contribution >= 0.6 is 0 Å². The molecule has 0 amide bonds. The van der Waals surface area contributed by atoms with Gasteiger partial charge in [-0.25, -0.2) is 12.1 Å². The van der Waals surface area contributed by atoms with Crippen LogP contribution < -0.4 is 45.6 Å². The molecule has 4 aromatic rings. The maximum atomic E-state index is 2.43. The number of rotatable bonds is 8. The number of hydrogen-bond acceptors (Lipinski definition) is 0. The van der Waals surface area contributed by atoms with E-state index in [1.807, 2.05) is 0 Å². The quantitative estimate of drug-likeness (QED) is 0.180. The van der Waals surface area contributed by atoms with Gasteiger partial charge in [0.15, 0.2) is 0 Å². The van der Waals surface area contributed by atoms with E-state index in [-0.39, 0.29) is 51.0 Å². The van der Waals surface area contributed by atoms with Gasteiger partial charge >= 0.3 is 26.2 Å². The van der Waals surface area contributed by atoms with E-state index in [1.54, 1.807) is 61.7 Å². The maximum Gasteiger partial charge on any atom is 4.00 e. The van der Waals surface area contributed by atoms with Crippen LogP contribution in [0.15, 0.2) is 97.1 Å². The molecule has 271 valence electrons. The van der Waals surface area contributed by atoms with E-state index in [4.69, 9.17) is 0 Å². The Bertz CT molecular complexity index is 1320. The molecule has 2 aliphatic carbocycles. The zero-order valence-electron chi connectivity index (χ0n) is 32.5. The van der Waals surface area contributed by atoms with Crippen molar-refractivity contribution in [3.63, 3.8) is 0 Å². The fourth-order valence-corrected chi connectivity index (χ4v) is 14.8. The molecule has 6 heteroatoms. The molecule has 0 spiro atoms. The zero-order chi connectivity index (χ0) is 33.9. The first-order chi connectivity index (χ1) is 22.5. The van der Waals surface area contributed by atoms with Gasteiger partial charge < -0.3 is 24.8 Å². The molecular weight excluding hydrogens is 775 g/mol. The third kappa shape index (κ3) is 13.9. The topological polar surface area (TPSA) is 0 Å². The Morgan fingerprint density at radius 3 is 1.12 bits per heavy atom. The summed E-state index contributed by atoms with van der Waals surface area (Å²) in [4.78, 5) is 0. The van der Waals surface area contributed by atoms with Gasteiger partial charge in [0.25, 0.3) is 0 Å². The smallest absolute Gasteiger partial charge is 1.00 e. The van der Waals surface area contributed by atoms with Crippen LogP contribution in [0.2, 0.25) is 37.3 Å². The average Bonchev–Trinajstić information content (AvgIpc) is 3.80. The van der Waals surface area contributed by atoms with E-state index in [1.165, 1.54) is 45.4 Å². The summed E-state index contributed by atoms with van der Waals surface area (Å²) in [5.74, 6) is 1.26. The van der Waals surface area contributed by atoms with Crippen LogP contribution in [-0.2, 0) is 26.2 Å². The molecule has 0 aliphatic heterocycles. The van der Waals surface area contributed by atoms with Gasteiger partial charge in [-0.3, -0.25) is 0 Å². The fourth-order valence-electron chi connectivity index (χ4n) is 7.50. The molecule has 50 heavy (non-hydrogen) atoms. The van der Waals surface area contributed by atoms with Crippen LogP contribution in [0.5, 0.6) is 0 Å². The summed E-state index contributed by atoms with van der Waals surface area (Å²) in [5.41, 5.74) is 5.35. The number of benzene rings is 2. The predicted octanol–water partition coefficient (Wildman–Crippen LogP) is 4.64. The van der Waals surface area contributed by atoms with Gasteiger partial charge in [0.05, 0.1) is 0 Å². The van der Waals surface area contributed by atoms with E-state index >= 15 is 0 Å². The van der Waals surface area contributed by atoms with Crippen molar-refractivity contribution in [2.45, 2.75) is 141 Å². The molecule has 0 bridgehead atoms. The summed E-state index contributed by atoms with van der Waals surface area (Å²) in [6.07, 6.45) is 15.6. The van der Waals surface area contributed by atoms with Gasteiger partial charge in [-0.15, -0.1) is 0 Å². The van der Waals surface area contributed by atoms with Crippen molar-refractivity contribution in [3.05, 3.63) is 108 Å². The summed E-state index contributed by atoms with van der Waals surface area (Å²) >= 11 is 0. The Balaban J connectivity index is 0.000000367. The molecule has 2 saturated carbocycles. The molecule has 0 heterocycles. The standard InChI is InChI=1S/2C16H21Si.C12H23Si.2ClH.Zr/c2*1-13(2)14-10-11-16(12-14)17(3,4)15-8-6-5-7-9-15;1-3-7-11(8-4-1)13-12-9-5-2-6-10-12;;;/h2*5-13H,1-4H3;11-13H,1-10H2;2*1H;/q2*-1;;;;+4/p-2. The Morgan fingerprint density at radius 2 is 0.840 bits per heavy atom.